The van der Waals surface area contributed by atoms with Crippen molar-refractivity contribution in [1.29, 1.82) is 0 Å². The van der Waals surface area contributed by atoms with Gasteiger partial charge in [0, 0.05) is 6.04 Å². The zero-order valence-corrected chi connectivity index (χ0v) is 13.6. The van der Waals surface area contributed by atoms with Gasteiger partial charge in [-0.15, -0.1) is 0 Å². The predicted molar refractivity (Wildman–Crippen MR) is 90.6 cm³/mol. The van der Waals surface area contributed by atoms with Gasteiger partial charge in [-0.25, -0.2) is 0 Å². The third kappa shape index (κ3) is 5.11. The SMILES string of the molecule is CC(NCCCCCNC1CCCc2ccccc21)C(N)=O. The molecule has 4 N–H and O–H groups in total. The quantitative estimate of drug-likeness (QED) is 0.613. The first-order valence-corrected chi connectivity index (χ1v) is 8.52. The summed E-state index contributed by atoms with van der Waals surface area (Å²) < 4.78 is 0. The Labute approximate surface area is 133 Å². The molecule has 0 aliphatic heterocycles. The molecule has 1 aliphatic rings. The number of carbonyl (C=O) groups is 1. The number of hydrogen-bond donors (Lipinski definition) is 3. The summed E-state index contributed by atoms with van der Waals surface area (Å²) in [4.78, 5) is 10.9. The largest absolute Gasteiger partial charge is 0.368 e. The van der Waals surface area contributed by atoms with E-state index in [1.54, 1.807) is 0 Å². The first-order valence-electron chi connectivity index (χ1n) is 8.52. The number of unbranched alkanes of at least 4 members (excludes halogenated alkanes) is 2. The lowest BCUT2D eigenvalue weighted by molar-refractivity contribution is -0.119. The average molecular weight is 303 g/mol. The molecular weight excluding hydrogens is 274 g/mol. The molecule has 4 nitrogen and oxygen atoms in total. The number of fused-ring (bicyclic) bond motifs is 1. The fourth-order valence-corrected chi connectivity index (χ4v) is 3.09. The summed E-state index contributed by atoms with van der Waals surface area (Å²) in [6.45, 7) is 3.73. The normalized spacial score (nSPS) is 18.7. The van der Waals surface area contributed by atoms with E-state index < -0.39 is 0 Å². The van der Waals surface area contributed by atoms with Crippen molar-refractivity contribution in [2.45, 2.75) is 57.5 Å². The summed E-state index contributed by atoms with van der Waals surface area (Å²) in [6, 6.07) is 9.11. The van der Waals surface area contributed by atoms with E-state index in [0.717, 1.165) is 19.5 Å². The van der Waals surface area contributed by atoms with Crippen molar-refractivity contribution in [3.05, 3.63) is 35.4 Å². The highest BCUT2D eigenvalue weighted by Crippen LogP contribution is 2.29. The number of benzene rings is 1. The van der Waals surface area contributed by atoms with Crippen molar-refractivity contribution in [3.63, 3.8) is 0 Å². The monoisotopic (exact) mass is 303 g/mol. The third-order valence-corrected chi connectivity index (χ3v) is 4.49. The molecule has 0 bridgehead atoms. The van der Waals surface area contributed by atoms with Gasteiger partial charge in [0.25, 0.3) is 0 Å². The van der Waals surface area contributed by atoms with E-state index in [-0.39, 0.29) is 11.9 Å². The van der Waals surface area contributed by atoms with Crippen LogP contribution < -0.4 is 16.4 Å². The van der Waals surface area contributed by atoms with E-state index in [0.29, 0.717) is 6.04 Å². The Hall–Kier alpha value is -1.39. The van der Waals surface area contributed by atoms with E-state index >= 15 is 0 Å². The van der Waals surface area contributed by atoms with E-state index in [1.807, 2.05) is 6.92 Å². The molecule has 0 spiro atoms. The summed E-state index contributed by atoms with van der Waals surface area (Å²) in [5.74, 6) is -0.280. The molecule has 1 aliphatic carbocycles. The molecule has 1 amide bonds. The van der Waals surface area contributed by atoms with Crippen LogP contribution in [0, 0.1) is 0 Å². The number of primary amides is 1. The summed E-state index contributed by atoms with van der Waals surface area (Å²) in [6.07, 6.45) is 7.17. The minimum atomic E-state index is -0.280. The summed E-state index contributed by atoms with van der Waals surface area (Å²) in [7, 11) is 0. The first-order chi connectivity index (χ1) is 10.7. The van der Waals surface area contributed by atoms with Crippen LogP contribution in [0.5, 0.6) is 0 Å². The molecule has 122 valence electrons. The van der Waals surface area contributed by atoms with Crippen LogP contribution in [0.25, 0.3) is 0 Å². The van der Waals surface area contributed by atoms with Crippen LogP contribution in [0.3, 0.4) is 0 Å². The molecule has 2 atom stereocenters. The molecule has 4 heteroatoms. The minimum Gasteiger partial charge on any atom is -0.368 e. The van der Waals surface area contributed by atoms with Crippen LogP contribution in [0.1, 0.15) is 56.2 Å². The van der Waals surface area contributed by atoms with Gasteiger partial charge in [-0.3, -0.25) is 4.79 Å². The highest BCUT2D eigenvalue weighted by atomic mass is 16.1. The smallest absolute Gasteiger partial charge is 0.234 e. The van der Waals surface area contributed by atoms with Gasteiger partial charge < -0.3 is 16.4 Å². The Morgan fingerprint density at radius 3 is 2.86 bits per heavy atom. The second-order valence-corrected chi connectivity index (χ2v) is 6.24. The summed E-state index contributed by atoms with van der Waals surface area (Å²) in [5, 5.41) is 6.84. The number of carbonyl (C=O) groups excluding carboxylic acids is 1. The highest BCUT2D eigenvalue weighted by molar-refractivity contribution is 5.79. The second-order valence-electron chi connectivity index (χ2n) is 6.24. The van der Waals surface area contributed by atoms with Gasteiger partial charge in [0.1, 0.15) is 0 Å². The number of nitrogens with two attached hydrogens (primary N) is 1. The predicted octanol–water partition coefficient (Wildman–Crippen LogP) is 2.29. The summed E-state index contributed by atoms with van der Waals surface area (Å²) in [5.41, 5.74) is 8.21. The van der Waals surface area contributed by atoms with E-state index in [2.05, 4.69) is 34.9 Å². The zero-order chi connectivity index (χ0) is 15.8. The standard InChI is InChI=1S/C18H29N3O/c1-14(18(19)22)20-12-5-2-6-13-21-17-11-7-9-15-8-3-4-10-16(15)17/h3-4,8,10,14,17,20-21H,2,5-7,9,11-13H2,1H3,(H2,19,22). The van der Waals surface area contributed by atoms with Crippen LogP contribution in [0.4, 0.5) is 0 Å². The van der Waals surface area contributed by atoms with E-state index in [9.17, 15) is 4.79 Å². The van der Waals surface area contributed by atoms with Crippen molar-refractivity contribution < 1.29 is 4.79 Å². The lowest BCUT2D eigenvalue weighted by Crippen LogP contribution is -2.39. The van der Waals surface area contributed by atoms with Gasteiger partial charge in [0.15, 0.2) is 0 Å². The molecule has 0 saturated carbocycles. The van der Waals surface area contributed by atoms with Crippen LogP contribution in [-0.2, 0) is 11.2 Å². The molecule has 2 rings (SSSR count). The fourth-order valence-electron chi connectivity index (χ4n) is 3.09. The van der Waals surface area contributed by atoms with Gasteiger partial charge in [-0.1, -0.05) is 30.7 Å². The molecule has 0 aromatic heterocycles. The Balaban J connectivity index is 1.59. The lowest BCUT2D eigenvalue weighted by Gasteiger charge is -2.26. The van der Waals surface area contributed by atoms with Gasteiger partial charge in [-0.05, 0) is 63.2 Å². The molecule has 1 aromatic rings. The molecule has 1 aromatic carbocycles. The molecule has 0 heterocycles. The van der Waals surface area contributed by atoms with E-state index in [4.69, 9.17) is 5.73 Å². The van der Waals surface area contributed by atoms with Crippen LogP contribution in [-0.4, -0.2) is 25.0 Å². The number of amides is 1. The van der Waals surface area contributed by atoms with Crippen molar-refractivity contribution in [3.8, 4) is 0 Å². The maximum absolute atomic E-state index is 10.9. The maximum Gasteiger partial charge on any atom is 0.234 e. The first kappa shape index (κ1) is 17.0. The maximum atomic E-state index is 10.9. The molecule has 2 unspecified atom stereocenters. The number of rotatable bonds is 9. The van der Waals surface area contributed by atoms with Gasteiger partial charge in [-0.2, -0.15) is 0 Å². The zero-order valence-electron chi connectivity index (χ0n) is 13.6. The Bertz CT molecular complexity index is 475. The fraction of sp³-hybridized carbons (Fsp3) is 0.611. The van der Waals surface area contributed by atoms with Crippen molar-refractivity contribution >= 4 is 5.91 Å². The topological polar surface area (TPSA) is 67.2 Å². The Morgan fingerprint density at radius 1 is 1.27 bits per heavy atom. The average Bonchev–Trinajstić information content (AvgIpc) is 2.53. The third-order valence-electron chi connectivity index (χ3n) is 4.49. The number of hydrogen-bond acceptors (Lipinski definition) is 3. The van der Waals surface area contributed by atoms with Gasteiger partial charge in [0.2, 0.25) is 5.91 Å². The lowest BCUT2D eigenvalue weighted by atomic mass is 9.88. The molecule has 0 saturated heterocycles. The number of aryl methyl sites for hydroxylation is 1. The molecule has 22 heavy (non-hydrogen) atoms. The summed E-state index contributed by atoms with van der Waals surface area (Å²) >= 11 is 0. The molecule has 0 radical (unpaired) electrons. The Kier molecular flexibility index (Phi) is 6.87. The Morgan fingerprint density at radius 2 is 2.05 bits per heavy atom. The van der Waals surface area contributed by atoms with Crippen LogP contribution in [0.2, 0.25) is 0 Å². The van der Waals surface area contributed by atoms with Crippen molar-refractivity contribution in [1.82, 2.24) is 10.6 Å². The van der Waals surface area contributed by atoms with Crippen molar-refractivity contribution in [2.24, 2.45) is 5.73 Å². The van der Waals surface area contributed by atoms with Gasteiger partial charge >= 0.3 is 0 Å². The number of nitrogens with one attached hydrogen (secondary N) is 2. The van der Waals surface area contributed by atoms with Crippen molar-refractivity contribution in [2.75, 3.05) is 13.1 Å². The second kappa shape index (κ2) is 8.91. The van der Waals surface area contributed by atoms with Crippen LogP contribution in [0.15, 0.2) is 24.3 Å². The van der Waals surface area contributed by atoms with Crippen LogP contribution >= 0.6 is 0 Å². The minimum absolute atomic E-state index is 0.225. The van der Waals surface area contributed by atoms with E-state index in [1.165, 1.54) is 43.2 Å². The highest BCUT2D eigenvalue weighted by Gasteiger charge is 2.18. The molecular formula is C18H29N3O. The van der Waals surface area contributed by atoms with Gasteiger partial charge in [0.05, 0.1) is 6.04 Å². The molecule has 0 fully saturated rings.